The lowest BCUT2D eigenvalue weighted by molar-refractivity contribution is -0.138. The number of nitrogens with one attached hydrogen (secondary N) is 1. The van der Waals surface area contributed by atoms with Gasteiger partial charge in [0.05, 0.1) is 12.5 Å². The highest BCUT2D eigenvalue weighted by Crippen LogP contribution is 2.15. The van der Waals surface area contributed by atoms with Crippen LogP contribution in [-0.4, -0.2) is 33.4 Å². The zero-order chi connectivity index (χ0) is 14.4. The first kappa shape index (κ1) is 14.3. The lowest BCUT2D eigenvalue weighted by Crippen LogP contribution is -2.36. The molecule has 2 N–H and O–H groups in total. The molecule has 5 nitrogen and oxygen atoms in total. The summed E-state index contributed by atoms with van der Waals surface area (Å²) in [6.45, 7) is 3.14. The van der Waals surface area contributed by atoms with E-state index in [2.05, 4.69) is 10.4 Å². The van der Waals surface area contributed by atoms with Gasteiger partial charge in [0.1, 0.15) is 0 Å². The zero-order valence-corrected chi connectivity index (χ0v) is 11.4. The Morgan fingerprint density at radius 3 is 2.70 bits per heavy atom. The standard InChI is InChI=1S/C15H19N3O2/c1-12(11-18-9-5-8-17-18)16-10-14(15(19)20)13-6-3-2-4-7-13/h2-9,12,14,16H,10-11H2,1H3,(H,19,20). The molecule has 1 aromatic heterocycles. The maximum absolute atomic E-state index is 11.4. The van der Waals surface area contributed by atoms with Gasteiger partial charge >= 0.3 is 5.97 Å². The van der Waals surface area contributed by atoms with E-state index in [0.29, 0.717) is 13.1 Å². The highest BCUT2D eigenvalue weighted by atomic mass is 16.4. The molecule has 1 heterocycles. The summed E-state index contributed by atoms with van der Waals surface area (Å²) in [4.78, 5) is 11.4. The van der Waals surface area contributed by atoms with E-state index < -0.39 is 11.9 Å². The minimum atomic E-state index is -0.810. The first-order valence-corrected chi connectivity index (χ1v) is 6.65. The van der Waals surface area contributed by atoms with Crippen LogP contribution in [0.2, 0.25) is 0 Å². The summed E-state index contributed by atoms with van der Waals surface area (Å²) in [7, 11) is 0. The van der Waals surface area contributed by atoms with Crippen LogP contribution in [0.5, 0.6) is 0 Å². The third kappa shape index (κ3) is 3.93. The van der Waals surface area contributed by atoms with Crippen LogP contribution in [0.15, 0.2) is 48.8 Å². The van der Waals surface area contributed by atoms with E-state index in [1.54, 1.807) is 6.20 Å². The molecule has 0 saturated carbocycles. The smallest absolute Gasteiger partial charge is 0.312 e. The van der Waals surface area contributed by atoms with Crippen LogP contribution in [-0.2, 0) is 11.3 Å². The number of aromatic nitrogens is 2. The van der Waals surface area contributed by atoms with Gasteiger partial charge in [-0.2, -0.15) is 5.10 Å². The molecule has 106 valence electrons. The summed E-state index contributed by atoms with van der Waals surface area (Å²) in [5.74, 6) is -1.34. The lowest BCUT2D eigenvalue weighted by Gasteiger charge is -2.18. The van der Waals surface area contributed by atoms with Crippen molar-refractivity contribution in [3.8, 4) is 0 Å². The van der Waals surface area contributed by atoms with Crippen molar-refractivity contribution in [1.29, 1.82) is 0 Å². The van der Waals surface area contributed by atoms with Crippen LogP contribution in [0.1, 0.15) is 18.4 Å². The predicted molar refractivity (Wildman–Crippen MR) is 76.5 cm³/mol. The van der Waals surface area contributed by atoms with Crippen molar-refractivity contribution in [2.75, 3.05) is 6.54 Å². The number of carbonyl (C=O) groups is 1. The molecule has 2 rings (SSSR count). The van der Waals surface area contributed by atoms with Crippen LogP contribution in [0.4, 0.5) is 0 Å². The third-order valence-electron chi connectivity index (χ3n) is 3.19. The van der Waals surface area contributed by atoms with E-state index in [1.807, 2.05) is 54.2 Å². The quantitative estimate of drug-likeness (QED) is 0.806. The molecule has 1 aromatic carbocycles. The molecule has 0 aliphatic heterocycles. The zero-order valence-electron chi connectivity index (χ0n) is 11.4. The van der Waals surface area contributed by atoms with E-state index in [-0.39, 0.29) is 6.04 Å². The highest BCUT2D eigenvalue weighted by Gasteiger charge is 2.20. The fourth-order valence-electron chi connectivity index (χ4n) is 2.11. The average molecular weight is 273 g/mol. The molecule has 0 fully saturated rings. The molecular weight excluding hydrogens is 254 g/mol. The Hall–Kier alpha value is -2.14. The summed E-state index contributed by atoms with van der Waals surface area (Å²) in [6.07, 6.45) is 3.63. The van der Waals surface area contributed by atoms with Gasteiger partial charge in [0.2, 0.25) is 0 Å². The molecule has 5 heteroatoms. The van der Waals surface area contributed by atoms with Gasteiger partial charge in [-0.05, 0) is 18.6 Å². The Balaban J connectivity index is 1.91. The van der Waals surface area contributed by atoms with E-state index >= 15 is 0 Å². The summed E-state index contributed by atoms with van der Waals surface area (Å²) in [5.41, 5.74) is 0.818. The van der Waals surface area contributed by atoms with Gasteiger partial charge in [-0.25, -0.2) is 0 Å². The Morgan fingerprint density at radius 1 is 1.35 bits per heavy atom. The Labute approximate surface area is 118 Å². The molecule has 0 radical (unpaired) electrons. The second-order valence-electron chi connectivity index (χ2n) is 4.84. The van der Waals surface area contributed by atoms with Gasteiger partial charge < -0.3 is 10.4 Å². The summed E-state index contributed by atoms with van der Waals surface area (Å²) < 4.78 is 1.83. The SMILES string of the molecule is CC(Cn1cccn1)NCC(C(=O)O)c1ccccc1. The monoisotopic (exact) mass is 273 g/mol. The number of rotatable bonds is 7. The normalized spacial score (nSPS) is 13.8. The fourth-order valence-corrected chi connectivity index (χ4v) is 2.11. The average Bonchev–Trinajstić information content (AvgIpc) is 2.92. The first-order valence-electron chi connectivity index (χ1n) is 6.65. The lowest BCUT2D eigenvalue weighted by atomic mass is 9.99. The molecule has 0 bridgehead atoms. The minimum absolute atomic E-state index is 0.153. The summed E-state index contributed by atoms with van der Waals surface area (Å²) in [5, 5.41) is 16.7. The number of hydrogen-bond donors (Lipinski definition) is 2. The predicted octanol–water partition coefficient (Wildman–Crippen LogP) is 1.73. The van der Waals surface area contributed by atoms with Crippen molar-refractivity contribution in [2.45, 2.75) is 25.4 Å². The van der Waals surface area contributed by atoms with Crippen molar-refractivity contribution in [1.82, 2.24) is 15.1 Å². The van der Waals surface area contributed by atoms with E-state index in [1.165, 1.54) is 0 Å². The number of aliphatic carboxylic acids is 1. The summed E-state index contributed by atoms with van der Waals surface area (Å²) in [6, 6.07) is 11.3. The van der Waals surface area contributed by atoms with Gasteiger partial charge in [0, 0.05) is 25.0 Å². The van der Waals surface area contributed by atoms with Gasteiger partial charge in [-0.1, -0.05) is 30.3 Å². The van der Waals surface area contributed by atoms with Crippen LogP contribution in [0.3, 0.4) is 0 Å². The fraction of sp³-hybridized carbons (Fsp3) is 0.333. The van der Waals surface area contributed by atoms with Crippen molar-refractivity contribution >= 4 is 5.97 Å². The molecule has 0 aliphatic carbocycles. The number of benzene rings is 1. The van der Waals surface area contributed by atoms with Crippen molar-refractivity contribution in [2.24, 2.45) is 0 Å². The van der Waals surface area contributed by atoms with E-state index in [0.717, 1.165) is 5.56 Å². The largest absolute Gasteiger partial charge is 0.481 e. The van der Waals surface area contributed by atoms with E-state index in [9.17, 15) is 9.90 Å². The molecule has 0 amide bonds. The topological polar surface area (TPSA) is 67.2 Å². The highest BCUT2D eigenvalue weighted by molar-refractivity contribution is 5.76. The Bertz CT molecular complexity index is 525. The maximum atomic E-state index is 11.4. The number of carboxylic acid groups (broad SMARTS) is 1. The van der Waals surface area contributed by atoms with Crippen LogP contribution < -0.4 is 5.32 Å². The van der Waals surface area contributed by atoms with Crippen molar-refractivity contribution in [3.05, 3.63) is 54.4 Å². The van der Waals surface area contributed by atoms with Crippen LogP contribution in [0.25, 0.3) is 0 Å². The molecule has 0 saturated heterocycles. The number of nitrogens with zero attached hydrogens (tertiary/aromatic N) is 2. The second kappa shape index (κ2) is 6.86. The summed E-state index contributed by atoms with van der Waals surface area (Å²) >= 11 is 0. The van der Waals surface area contributed by atoms with Gasteiger partial charge in [0.15, 0.2) is 0 Å². The van der Waals surface area contributed by atoms with Crippen LogP contribution in [0, 0.1) is 0 Å². The first-order chi connectivity index (χ1) is 9.66. The second-order valence-corrected chi connectivity index (χ2v) is 4.84. The number of carboxylic acids is 1. The minimum Gasteiger partial charge on any atom is -0.481 e. The molecule has 0 aliphatic rings. The van der Waals surface area contributed by atoms with Gasteiger partial charge in [0.25, 0.3) is 0 Å². The third-order valence-corrected chi connectivity index (χ3v) is 3.19. The molecule has 2 atom stereocenters. The van der Waals surface area contributed by atoms with Gasteiger partial charge in [-0.15, -0.1) is 0 Å². The molecular formula is C15H19N3O2. The Morgan fingerprint density at radius 2 is 2.10 bits per heavy atom. The van der Waals surface area contributed by atoms with E-state index in [4.69, 9.17) is 0 Å². The Kier molecular flexibility index (Phi) is 4.90. The molecule has 20 heavy (non-hydrogen) atoms. The molecule has 0 spiro atoms. The van der Waals surface area contributed by atoms with Crippen molar-refractivity contribution in [3.63, 3.8) is 0 Å². The van der Waals surface area contributed by atoms with Crippen molar-refractivity contribution < 1.29 is 9.90 Å². The van der Waals surface area contributed by atoms with Gasteiger partial charge in [-0.3, -0.25) is 9.48 Å². The molecule has 2 unspecified atom stereocenters. The maximum Gasteiger partial charge on any atom is 0.312 e. The van der Waals surface area contributed by atoms with Crippen LogP contribution >= 0.6 is 0 Å². The number of hydrogen-bond acceptors (Lipinski definition) is 3. The molecule has 2 aromatic rings.